The fraction of sp³-hybridized carbons (Fsp3) is 0.562. The summed E-state index contributed by atoms with van der Waals surface area (Å²) in [6.07, 6.45) is 1.61. The summed E-state index contributed by atoms with van der Waals surface area (Å²) in [5.41, 5.74) is 0.521. The summed E-state index contributed by atoms with van der Waals surface area (Å²) in [6.45, 7) is 3.20. The molecule has 2 aliphatic heterocycles. The smallest absolute Gasteiger partial charge is 0.243 e. The van der Waals surface area contributed by atoms with Gasteiger partial charge >= 0.3 is 0 Å². The van der Waals surface area contributed by atoms with E-state index in [0.717, 1.165) is 25.9 Å². The van der Waals surface area contributed by atoms with E-state index in [1.807, 2.05) is 0 Å². The molecule has 2 saturated heterocycles. The van der Waals surface area contributed by atoms with Crippen LogP contribution < -0.4 is 10.6 Å². The number of hydrogen-bond acceptors (Lipinski definition) is 5. The Morgan fingerprint density at radius 1 is 1.20 bits per heavy atom. The first kappa shape index (κ1) is 20.1. The minimum absolute atomic E-state index is 0. The van der Waals surface area contributed by atoms with Gasteiger partial charge in [0.25, 0.3) is 0 Å². The summed E-state index contributed by atoms with van der Waals surface area (Å²) in [5, 5.41) is 6.08. The Kier molecular flexibility index (Phi) is 7.21. The van der Waals surface area contributed by atoms with E-state index in [1.54, 1.807) is 18.2 Å². The highest BCUT2D eigenvalue weighted by Gasteiger charge is 2.27. The first-order chi connectivity index (χ1) is 11.6. The van der Waals surface area contributed by atoms with Crippen molar-refractivity contribution in [3.63, 3.8) is 0 Å². The number of ether oxygens (including phenoxy) is 1. The molecule has 9 heteroatoms. The van der Waals surface area contributed by atoms with Gasteiger partial charge in [-0.3, -0.25) is 4.79 Å². The van der Waals surface area contributed by atoms with Gasteiger partial charge in [0.15, 0.2) is 0 Å². The summed E-state index contributed by atoms with van der Waals surface area (Å²) < 4.78 is 32.0. The molecule has 1 amide bonds. The second kappa shape index (κ2) is 8.95. The van der Waals surface area contributed by atoms with Crippen LogP contribution in [-0.4, -0.2) is 58.0 Å². The Morgan fingerprint density at radius 3 is 2.56 bits per heavy atom. The molecule has 0 saturated carbocycles. The number of hydrogen-bond donors (Lipinski definition) is 2. The monoisotopic (exact) mass is 389 g/mol. The van der Waals surface area contributed by atoms with Gasteiger partial charge in [-0.25, -0.2) is 8.42 Å². The van der Waals surface area contributed by atoms with Crippen molar-refractivity contribution in [3.8, 4) is 0 Å². The zero-order valence-corrected chi connectivity index (χ0v) is 15.6. The lowest BCUT2D eigenvalue weighted by atomic mass is 9.97. The lowest BCUT2D eigenvalue weighted by molar-refractivity contribution is -0.120. The topological polar surface area (TPSA) is 87.7 Å². The molecule has 0 spiro atoms. The van der Waals surface area contributed by atoms with E-state index >= 15 is 0 Å². The van der Waals surface area contributed by atoms with Crippen molar-refractivity contribution in [2.75, 3.05) is 44.7 Å². The maximum Gasteiger partial charge on any atom is 0.243 e. The van der Waals surface area contributed by atoms with Crippen LogP contribution in [0.1, 0.15) is 12.8 Å². The molecule has 7 nitrogen and oxygen atoms in total. The molecule has 0 bridgehead atoms. The predicted molar refractivity (Wildman–Crippen MR) is 97.5 cm³/mol. The number of benzene rings is 1. The van der Waals surface area contributed by atoms with Gasteiger partial charge in [-0.15, -0.1) is 12.4 Å². The number of carbonyl (C=O) groups excluding carboxylic acids is 1. The Morgan fingerprint density at radius 2 is 1.88 bits per heavy atom. The molecule has 0 aromatic heterocycles. The minimum atomic E-state index is -3.55. The number of morpholine rings is 1. The van der Waals surface area contributed by atoms with Crippen LogP contribution in [0.25, 0.3) is 0 Å². The van der Waals surface area contributed by atoms with Gasteiger partial charge in [0.1, 0.15) is 0 Å². The standard InChI is InChI=1S/C16H23N3O4S.ClH/c20-16(13-4-6-17-7-5-13)18-14-2-1-3-15(12-14)24(21,22)19-8-10-23-11-9-19;/h1-3,12-13,17H,4-11H2,(H,18,20);1H. The summed E-state index contributed by atoms with van der Waals surface area (Å²) in [7, 11) is -3.55. The molecule has 1 aromatic rings. The number of piperidine rings is 1. The van der Waals surface area contributed by atoms with Gasteiger partial charge in [-0.05, 0) is 44.1 Å². The van der Waals surface area contributed by atoms with E-state index in [-0.39, 0.29) is 29.1 Å². The van der Waals surface area contributed by atoms with Crippen molar-refractivity contribution in [1.29, 1.82) is 0 Å². The van der Waals surface area contributed by atoms with Crippen LogP contribution in [0.15, 0.2) is 29.2 Å². The van der Waals surface area contributed by atoms with Gasteiger partial charge in [-0.1, -0.05) is 6.07 Å². The van der Waals surface area contributed by atoms with Crippen molar-refractivity contribution < 1.29 is 17.9 Å². The molecule has 0 unspecified atom stereocenters. The van der Waals surface area contributed by atoms with Crippen LogP contribution in [0.3, 0.4) is 0 Å². The van der Waals surface area contributed by atoms with E-state index in [0.29, 0.717) is 32.0 Å². The highest BCUT2D eigenvalue weighted by molar-refractivity contribution is 7.89. The number of sulfonamides is 1. The van der Waals surface area contributed by atoms with Crippen molar-refractivity contribution in [3.05, 3.63) is 24.3 Å². The highest BCUT2D eigenvalue weighted by Crippen LogP contribution is 2.22. The van der Waals surface area contributed by atoms with Crippen molar-refractivity contribution >= 4 is 34.0 Å². The molecule has 3 rings (SSSR count). The molecule has 1 aromatic carbocycles. The Labute approximate surface area is 154 Å². The fourth-order valence-electron chi connectivity index (χ4n) is 3.00. The molecule has 2 heterocycles. The van der Waals surface area contributed by atoms with Gasteiger partial charge in [-0.2, -0.15) is 4.31 Å². The van der Waals surface area contributed by atoms with Crippen molar-refractivity contribution in [2.45, 2.75) is 17.7 Å². The van der Waals surface area contributed by atoms with Crippen LogP contribution in [-0.2, 0) is 19.6 Å². The third-order valence-corrected chi connectivity index (χ3v) is 6.31. The molecule has 2 fully saturated rings. The van der Waals surface area contributed by atoms with Gasteiger partial charge in [0, 0.05) is 24.7 Å². The molecule has 0 aliphatic carbocycles. The number of anilines is 1. The van der Waals surface area contributed by atoms with Crippen LogP contribution in [0.4, 0.5) is 5.69 Å². The molecule has 25 heavy (non-hydrogen) atoms. The summed E-state index contributed by atoms with van der Waals surface area (Å²) in [6, 6.07) is 6.47. The van der Waals surface area contributed by atoms with E-state index in [2.05, 4.69) is 10.6 Å². The lowest BCUT2D eigenvalue weighted by Gasteiger charge is -2.26. The molecular formula is C16H24ClN3O4S. The van der Waals surface area contributed by atoms with Crippen molar-refractivity contribution in [2.24, 2.45) is 5.92 Å². The number of amides is 1. The normalized spacial score (nSPS) is 19.8. The molecule has 2 N–H and O–H groups in total. The van der Waals surface area contributed by atoms with Crippen LogP contribution in [0.2, 0.25) is 0 Å². The number of halogens is 1. The maximum absolute atomic E-state index is 12.7. The largest absolute Gasteiger partial charge is 0.379 e. The van der Waals surface area contributed by atoms with Crippen LogP contribution in [0, 0.1) is 5.92 Å². The maximum atomic E-state index is 12.7. The summed E-state index contributed by atoms with van der Waals surface area (Å²) in [4.78, 5) is 12.5. The van der Waals surface area contributed by atoms with E-state index in [4.69, 9.17) is 4.74 Å². The van der Waals surface area contributed by atoms with Crippen LogP contribution in [0.5, 0.6) is 0 Å². The minimum Gasteiger partial charge on any atom is -0.379 e. The van der Waals surface area contributed by atoms with Gasteiger partial charge in [0.2, 0.25) is 15.9 Å². The molecule has 2 aliphatic rings. The zero-order chi connectivity index (χ0) is 17.0. The Hall–Kier alpha value is -1.19. The van der Waals surface area contributed by atoms with E-state index in [1.165, 1.54) is 10.4 Å². The number of nitrogens with one attached hydrogen (secondary N) is 2. The average molecular weight is 390 g/mol. The number of rotatable bonds is 4. The van der Waals surface area contributed by atoms with Gasteiger partial charge < -0.3 is 15.4 Å². The molecule has 140 valence electrons. The Bertz CT molecular complexity index is 686. The third kappa shape index (κ3) is 4.92. The Balaban J connectivity index is 0.00000225. The molecule has 0 radical (unpaired) electrons. The van der Waals surface area contributed by atoms with E-state index < -0.39 is 10.0 Å². The second-order valence-electron chi connectivity index (χ2n) is 6.06. The first-order valence-electron chi connectivity index (χ1n) is 8.27. The molecular weight excluding hydrogens is 366 g/mol. The highest BCUT2D eigenvalue weighted by atomic mass is 35.5. The number of nitrogens with zero attached hydrogens (tertiary/aromatic N) is 1. The molecule has 0 atom stereocenters. The zero-order valence-electron chi connectivity index (χ0n) is 13.9. The average Bonchev–Trinajstić information content (AvgIpc) is 2.63. The van der Waals surface area contributed by atoms with Crippen molar-refractivity contribution in [1.82, 2.24) is 9.62 Å². The quantitative estimate of drug-likeness (QED) is 0.804. The lowest BCUT2D eigenvalue weighted by Crippen LogP contribution is -2.40. The number of carbonyl (C=O) groups is 1. The van der Waals surface area contributed by atoms with E-state index in [9.17, 15) is 13.2 Å². The summed E-state index contributed by atoms with van der Waals surface area (Å²) in [5.74, 6) is -0.0665. The van der Waals surface area contributed by atoms with Gasteiger partial charge in [0.05, 0.1) is 18.1 Å². The SMILES string of the molecule is Cl.O=C(Nc1cccc(S(=O)(=O)N2CCOCC2)c1)C1CCNCC1. The third-order valence-electron chi connectivity index (χ3n) is 4.42. The predicted octanol–water partition coefficient (Wildman–Crippen LogP) is 1.07. The second-order valence-corrected chi connectivity index (χ2v) is 8.00. The summed E-state index contributed by atoms with van der Waals surface area (Å²) >= 11 is 0. The first-order valence-corrected chi connectivity index (χ1v) is 9.71. The van der Waals surface area contributed by atoms with Crippen LogP contribution >= 0.6 is 12.4 Å². The fourth-order valence-corrected chi connectivity index (χ4v) is 4.45.